The number of amides is 1. The van der Waals surface area contributed by atoms with Crippen molar-refractivity contribution in [1.29, 1.82) is 0 Å². The van der Waals surface area contributed by atoms with E-state index in [0.29, 0.717) is 6.61 Å². The van der Waals surface area contributed by atoms with E-state index < -0.39 is 24.4 Å². The highest BCUT2D eigenvalue weighted by atomic mass is 35.5. The molecule has 6 heteroatoms. The lowest BCUT2D eigenvalue weighted by Crippen LogP contribution is -2.39. The number of hydrogen-bond donors (Lipinski definition) is 0. The molecule has 1 aliphatic heterocycles. The first-order chi connectivity index (χ1) is 7.00. The smallest absolute Gasteiger partial charge is 0.267 e. The standard InChI is InChI=1S/C9H14ClF2NO2/c1-2-15-5-7-3-9(11,12)6-13(7)8(14)4-10/h7H,2-6H2,1H3. The van der Waals surface area contributed by atoms with Gasteiger partial charge in [-0.3, -0.25) is 4.79 Å². The summed E-state index contributed by atoms with van der Waals surface area (Å²) in [4.78, 5) is 12.4. The van der Waals surface area contributed by atoms with Crippen molar-refractivity contribution in [2.24, 2.45) is 0 Å². The molecule has 0 aromatic heterocycles. The molecule has 1 atom stereocenters. The quantitative estimate of drug-likeness (QED) is 0.698. The van der Waals surface area contributed by atoms with Gasteiger partial charge in [-0.2, -0.15) is 0 Å². The van der Waals surface area contributed by atoms with Crippen molar-refractivity contribution >= 4 is 17.5 Å². The fourth-order valence-corrected chi connectivity index (χ4v) is 1.82. The fourth-order valence-electron chi connectivity index (χ4n) is 1.67. The zero-order valence-corrected chi connectivity index (χ0v) is 9.27. The number of halogens is 3. The average Bonchev–Trinajstić information content (AvgIpc) is 2.49. The van der Waals surface area contributed by atoms with Crippen molar-refractivity contribution in [2.45, 2.75) is 25.3 Å². The summed E-state index contributed by atoms with van der Waals surface area (Å²) in [5.41, 5.74) is 0. The second-order valence-corrected chi connectivity index (χ2v) is 3.80. The summed E-state index contributed by atoms with van der Waals surface area (Å²) in [5.74, 6) is -3.54. The molecule has 0 aromatic carbocycles. The van der Waals surface area contributed by atoms with E-state index in [1.54, 1.807) is 6.92 Å². The Bertz CT molecular complexity index is 238. The number of hydrogen-bond acceptors (Lipinski definition) is 2. The topological polar surface area (TPSA) is 29.5 Å². The minimum Gasteiger partial charge on any atom is -0.380 e. The Morgan fingerprint density at radius 2 is 2.33 bits per heavy atom. The van der Waals surface area contributed by atoms with E-state index in [1.807, 2.05) is 0 Å². The molecule has 0 aliphatic carbocycles. The highest BCUT2D eigenvalue weighted by Gasteiger charge is 2.46. The third kappa shape index (κ3) is 3.28. The van der Waals surface area contributed by atoms with Gasteiger partial charge in [0.1, 0.15) is 5.88 Å². The van der Waals surface area contributed by atoms with E-state index in [2.05, 4.69) is 0 Å². The fraction of sp³-hybridized carbons (Fsp3) is 0.889. The van der Waals surface area contributed by atoms with Crippen molar-refractivity contribution in [3.8, 4) is 0 Å². The highest BCUT2D eigenvalue weighted by Crippen LogP contribution is 2.32. The van der Waals surface area contributed by atoms with Crippen LogP contribution in [0.15, 0.2) is 0 Å². The Morgan fingerprint density at radius 3 is 2.87 bits per heavy atom. The van der Waals surface area contributed by atoms with Gasteiger partial charge in [-0.1, -0.05) is 0 Å². The minimum atomic E-state index is -2.82. The molecule has 1 heterocycles. The summed E-state index contributed by atoms with van der Waals surface area (Å²) < 4.78 is 31.2. The van der Waals surface area contributed by atoms with Crippen LogP contribution in [0.25, 0.3) is 0 Å². The van der Waals surface area contributed by atoms with Gasteiger partial charge in [-0.15, -0.1) is 11.6 Å². The minimum absolute atomic E-state index is 0.148. The monoisotopic (exact) mass is 241 g/mol. The van der Waals surface area contributed by atoms with Crippen LogP contribution in [0.5, 0.6) is 0 Å². The maximum absolute atomic E-state index is 13.1. The molecule has 0 N–H and O–H groups in total. The Labute approximate surface area is 92.3 Å². The molecule has 1 aliphatic rings. The van der Waals surface area contributed by atoms with Crippen LogP contribution in [-0.4, -0.2) is 48.4 Å². The number of rotatable bonds is 4. The molecule has 0 saturated carbocycles. The second-order valence-electron chi connectivity index (χ2n) is 3.53. The first kappa shape index (κ1) is 12.6. The molecule has 1 unspecified atom stereocenters. The molecule has 3 nitrogen and oxygen atoms in total. The summed E-state index contributed by atoms with van der Waals surface area (Å²) >= 11 is 5.35. The first-order valence-corrected chi connectivity index (χ1v) is 5.34. The molecule has 1 saturated heterocycles. The van der Waals surface area contributed by atoms with Crippen molar-refractivity contribution in [3.05, 3.63) is 0 Å². The van der Waals surface area contributed by atoms with Crippen LogP contribution in [0.3, 0.4) is 0 Å². The number of likely N-dealkylation sites (tertiary alicyclic amines) is 1. The van der Waals surface area contributed by atoms with E-state index >= 15 is 0 Å². The molecule has 88 valence electrons. The van der Waals surface area contributed by atoms with Gasteiger partial charge < -0.3 is 9.64 Å². The third-order valence-electron chi connectivity index (χ3n) is 2.33. The van der Waals surface area contributed by atoms with E-state index in [4.69, 9.17) is 16.3 Å². The Morgan fingerprint density at radius 1 is 1.67 bits per heavy atom. The van der Waals surface area contributed by atoms with Crippen LogP contribution >= 0.6 is 11.6 Å². The lowest BCUT2D eigenvalue weighted by atomic mass is 10.2. The zero-order chi connectivity index (χ0) is 11.5. The molecule has 0 bridgehead atoms. The lowest BCUT2D eigenvalue weighted by Gasteiger charge is -2.22. The number of nitrogens with zero attached hydrogens (tertiary/aromatic N) is 1. The van der Waals surface area contributed by atoms with Crippen LogP contribution < -0.4 is 0 Å². The summed E-state index contributed by atoms with van der Waals surface area (Å²) in [7, 11) is 0. The van der Waals surface area contributed by atoms with Gasteiger partial charge in [-0.05, 0) is 6.92 Å². The van der Waals surface area contributed by atoms with Crippen molar-refractivity contribution in [3.63, 3.8) is 0 Å². The predicted octanol–water partition coefficient (Wildman–Crippen LogP) is 1.50. The van der Waals surface area contributed by atoms with Gasteiger partial charge in [0.15, 0.2) is 0 Å². The van der Waals surface area contributed by atoms with Crippen LogP contribution in [0.2, 0.25) is 0 Å². The van der Waals surface area contributed by atoms with Crippen LogP contribution in [-0.2, 0) is 9.53 Å². The summed E-state index contributed by atoms with van der Waals surface area (Å²) in [6, 6.07) is -0.550. The molecular formula is C9H14ClF2NO2. The molecule has 0 aromatic rings. The number of alkyl halides is 3. The second kappa shape index (κ2) is 5.07. The van der Waals surface area contributed by atoms with Crippen molar-refractivity contribution in [1.82, 2.24) is 4.90 Å². The van der Waals surface area contributed by atoms with Crippen molar-refractivity contribution < 1.29 is 18.3 Å². The predicted molar refractivity (Wildman–Crippen MR) is 52.3 cm³/mol. The Balaban J connectivity index is 2.61. The zero-order valence-electron chi connectivity index (χ0n) is 8.51. The maximum atomic E-state index is 13.1. The maximum Gasteiger partial charge on any atom is 0.267 e. The van der Waals surface area contributed by atoms with E-state index in [-0.39, 0.29) is 18.9 Å². The molecule has 0 radical (unpaired) electrons. The largest absolute Gasteiger partial charge is 0.380 e. The Hall–Kier alpha value is -0.420. The third-order valence-corrected chi connectivity index (χ3v) is 2.55. The van der Waals surface area contributed by atoms with Crippen LogP contribution in [0, 0.1) is 0 Å². The van der Waals surface area contributed by atoms with Crippen LogP contribution in [0.4, 0.5) is 8.78 Å². The normalized spacial score (nSPS) is 24.5. The van der Waals surface area contributed by atoms with E-state index in [1.165, 1.54) is 0 Å². The van der Waals surface area contributed by atoms with Gasteiger partial charge >= 0.3 is 0 Å². The highest BCUT2D eigenvalue weighted by molar-refractivity contribution is 6.27. The van der Waals surface area contributed by atoms with Gasteiger partial charge in [0, 0.05) is 13.0 Å². The van der Waals surface area contributed by atoms with Crippen molar-refractivity contribution in [2.75, 3.05) is 25.6 Å². The van der Waals surface area contributed by atoms with E-state index in [9.17, 15) is 13.6 Å². The van der Waals surface area contributed by atoms with E-state index in [0.717, 1.165) is 4.90 Å². The van der Waals surface area contributed by atoms with Crippen LogP contribution in [0.1, 0.15) is 13.3 Å². The molecule has 15 heavy (non-hydrogen) atoms. The Kier molecular flexibility index (Phi) is 4.28. The number of ether oxygens (including phenoxy) is 1. The summed E-state index contributed by atoms with van der Waals surface area (Å²) in [6.45, 7) is 1.83. The molecular weight excluding hydrogens is 228 g/mol. The number of carbonyl (C=O) groups excluding carboxylic acids is 1. The molecule has 1 rings (SSSR count). The summed E-state index contributed by atoms with van der Waals surface area (Å²) in [5, 5.41) is 0. The average molecular weight is 242 g/mol. The SMILES string of the molecule is CCOCC1CC(F)(F)CN1C(=O)CCl. The van der Waals surface area contributed by atoms with Gasteiger partial charge in [0.25, 0.3) is 5.92 Å². The van der Waals surface area contributed by atoms with Gasteiger partial charge in [-0.25, -0.2) is 8.78 Å². The summed E-state index contributed by atoms with van der Waals surface area (Å²) in [6.07, 6.45) is -0.338. The van der Waals surface area contributed by atoms with Gasteiger partial charge in [0.2, 0.25) is 5.91 Å². The molecule has 0 spiro atoms. The molecule has 1 fully saturated rings. The van der Waals surface area contributed by atoms with Gasteiger partial charge in [0.05, 0.1) is 19.2 Å². The molecule has 1 amide bonds. The number of carbonyl (C=O) groups is 1. The first-order valence-electron chi connectivity index (χ1n) is 4.81. The lowest BCUT2D eigenvalue weighted by molar-refractivity contribution is -0.131.